The van der Waals surface area contributed by atoms with E-state index in [9.17, 15) is 4.79 Å². The first kappa shape index (κ1) is 17.8. The lowest BCUT2D eigenvalue weighted by Gasteiger charge is -2.32. The molecule has 1 atom stereocenters. The summed E-state index contributed by atoms with van der Waals surface area (Å²) in [6.45, 7) is 4.79. The minimum absolute atomic E-state index is 0.144. The number of rotatable bonds is 6. The molecule has 0 saturated carbocycles. The molecule has 2 aromatic heterocycles. The Hall–Kier alpha value is -2.63. The first-order valence-corrected chi connectivity index (χ1v) is 9.97. The number of benzene rings is 1. The summed E-state index contributed by atoms with van der Waals surface area (Å²) in [6.07, 6.45) is 8.73. The summed E-state index contributed by atoms with van der Waals surface area (Å²) in [6, 6.07) is 7.89. The number of aryl methyl sites for hydroxylation is 1. The minimum Gasteiger partial charge on any atom is -0.342 e. The number of aromatic amines is 1. The van der Waals surface area contributed by atoms with Crippen LogP contribution in [-0.2, 0) is 17.8 Å². The van der Waals surface area contributed by atoms with E-state index in [1.54, 1.807) is 0 Å². The number of fused-ring (bicyclic) bond motifs is 1. The van der Waals surface area contributed by atoms with Crippen molar-refractivity contribution in [2.45, 2.75) is 51.5 Å². The Morgan fingerprint density at radius 1 is 1.33 bits per heavy atom. The van der Waals surface area contributed by atoms with Crippen LogP contribution in [0.1, 0.15) is 50.2 Å². The number of aromatic nitrogens is 4. The van der Waals surface area contributed by atoms with E-state index in [-0.39, 0.29) is 5.91 Å². The molecular formula is C21H27N5O. The molecule has 142 valence electrons. The van der Waals surface area contributed by atoms with Crippen LogP contribution in [0.2, 0.25) is 0 Å². The van der Waals surface area contributed by atoms with Crippen LogP contribution in [0.5, 0.6) is 0 Å². The van der Waals surface area contributed by atoms with E-state index in [1.807, 2.05) is 35.4 Å². The summed E-state index contributed by atoms with van der Waals surface area (Å²) in [4.78, 5) is 27.3. The van der Waals surface area contributed by atoms with E-state index >= 15 is 0 Å². The largest absolute Gasteiger partial charge is 0.342 e. The van der Waals surface area contributed by atoms with Gasteiger partial charge in [-0.05, 0) is 31.4 Å². The maximum atomic E-state index is 12.9. The molecule has 1 aliphatic heterocycles. The van der Waals surface area contributed by atoms with Gasteiger partial charge < -0.3 is 14.5 Å². The van der Waals surface area contributed by atoms with E-state index in [0.29, 0.717) is 12.3 Å². The molecule has 1 fully saturated rings. The van der Waals surface area contributed by atoms with Crippen LogP contribution in [-0.4, -0.2) is 43.4 Å². The summed E-state index contributed by atoms with van der Waals surface area (Å²) >= 11 is 0. The van der Waals surface area contributed by atoms with Crippen molar-refractivity contribution in [1.29, 1.82) is 0 Å². The fraction of sp³-hybridized carbons (Fsp3) is 0.476. The highest BCUT2D eigenvalue weighted by atomic mass is 16.2. The molecule has 27 heavy (non-hydrogen) atoms. The quantitative estimate of drug-likeness (QED) is 0.727. The predicted octanol–water partition coefficient (Wildman–Crippen LogP) is 3.51. The average Bonchev–Trinajstić information content (AvgIpc) is 3.32. The number of nitrogens with one attached hydrogen (secondary N) is 1. The van der Waals surface area contributed by atoms with E-state index < -0.39 is 0 Å². The van der Waals surface area contributed by atoms with Crippen LogP contribution < -0.4 is 0 Å². The van der Waals surface area contributed by atoms with Gasteiger partial charge in [0.2, 0.25) is 5.91 Å². The molecule has 0 bridgehead atoms. The average molecular weight is 365 g/mol. The minimum atomic E-state index is 0.144. The molecule has 1 N–H and O–H groups in total. The highest BCUT2D eigenvalue weighted by Crippen LogP contribution is 2.26. The van der Waals surface area contributed by atoms with Gasteiger partial charge in [0.25, 0.3) is 0 Å². The third-order valence-corrected chi connectivity index (χ3v) is 5.40. The second-order valence-corrected chi connectivity index (χ2v) is 7.39. The number of hydrogen-bond acceptors (Lipinski definition) is 3. The van der Waals surface area contributed by atoms with Crippen LogP contribution in [0.25, 0.3) is 11.0 Å². The molecule has 4 rings (SSSR count). The van der Waals surface area contributed by atoms with Gasteiger partial charge in [-0.2, -0.15) is 0 Å². The number of carbonyl (C=O) groups is 1. The van der Waals surface area contributed by atoms with E-state index in [1.165, 1.54) is 6.42 Å². The summed E-state index contributed by atoms with van der Waals surface area (Å²) in [7, 11) is 0. The molecule has 0 aliphatic carbocycles. The molecule has 1 amide bonds. The first-order valence-electron chi connectivity index (χ1n) is 9.97. The molecular weight excluding hydrogens is 338 g/mol. The number of hydrogen-bond donors (Lipinski definition) is 1. The van der Waals surface area contributed by atoms with Gasteiger partial charge in [-0.1, -0.05) is 25.5 Å². The second kappa shape index (κ2) is 7.94. The number of H-pyrrole nitrogens is 1. The maximum absolute atomic E-state index is 12.9. The van der Waals surface area contributed by atoms with Gasteiger partial charge >= 0.3 is 0 Å². The van der Waals surface area contributed by atoms with Gasteiger partial charge in [0.1, 0.15) is 11.6 Å². The lowest BCUT2D eigenvalue weighted by atomic mass is 9.96. The van der Waals surface area contributed by atoms with Crippen molar-refractivity contribution in [2.24, 2.45) is 0 Å². The van der Waals surface area contributed by atoms with Crippen LogP contribution in [0, 0.1) is 0 Å². The zero-order chi connectivity index (χ0) is 18.6. The van der Waals surface area contributed by atoms with Gasteiger partial charge in [0.05, 0.1) is 17.5 Å². The number of likely N-dealkylation sites (tertiary alicyclic amines) is 1. The first-order chi connectivity index (χ1) is 13.2. The smallest absolute Gasteiger partial charge is 0.230 e. The Bertz CT molecular complexity index is 879. The van der Waals surface area contributed by atoms with Crippen molar-refractivity contribution in [2.75, 3.05) is 13.1 Å². The SMILES string of the molecule is CCCCn1ccnc1C1CCCN(C(=O)Cc2nc3ccccc3[nH]2)C1. The van der Waals surface area contributed by atoms with Crippen molar-refractivity contribution in [3.05, 3.63) is 48.3 Å². The van der Waals surface area contributed by atoms with E-state index in [0.717, 1.165) is 61.6 Å². The topological polar surface area (TPSA) is 66.8 Å². The third kappa shape index (κ3) is 3.89. The highest BCUT2D eigenvalue weighted by molar-refractivity contribution is 5.80. The number of imidazole rings is 2. The van der Waals surface area contributed by atoms with Crippen molar-refractivity contribution < 1.29 is 4.79 Å². The second-order valence-electron chi connectivity index (χ2n) is 7.39. The molecule has 3 heterocycles. The zero-order valence-corrected chi connectivity index (χ0v) is 15.9. The summed E-state index contributed by atoms with van der Waals surface area (Å²) < 4.78 is 2.27. The van der Waals surface area contributed by atoms with Crippen LogP contribution >= 0.6 is 0 Å². The van der Waals surface area contributed by atoms with Crippen molar-refractivity contribution in [1.82, 2.24) is 24.4 Å². The van der Waals surface area contributed by atoms with Gasteiger partial charge in [-0.25, -0.2) is 9.97 Å². The standard InChI is InChI=1S/C21H27N5O/c1-2-3-11-25-13-10-22-21(25)16-7-6-12-26(15-16)20(27)14-19-23-17-8-4-5-9-18(17)24-19/h4-5,8-10,13,16H,2-3,6-7,11-12,14-15H2,1H3,(H,23,24). The Labute approximate surface area is 159 Å². The Morgan fingerprint density at radius 3 is 3.07 bits per heavy atom. The number of piperidine rings is 1. The number of unbranched alkanes of at least 4 members (excludes halogenated alkanes) is 1. The Balaban J connectivity index is 1.43. The monoisotopic (exact) mass is 365 g/mol. The number of nitrogens with zero attached hydrogens (tertiary/aromatic N) is 4. The highest BCUT2D eigenvalue weighted by Gasteiger charge is 2.27. The van der Waals surface area contributed by atoms with Crippen LogP contribution in [0.3, 0.4) is 0 Å². The molecule has 1 saturated heterocycles. The Morgan fingerprint density at radius 2 is 2.22 bits per heavy atom. The molecule has 6 heteroatoms. The normalized spacial score (nSPS) is 17.5. The summed E-state index contributed by atoms with van der Waals surface area (Å²) in [5.41, 5.74) is 1.89. The number of para-hydroxylation sites is 2. The van der Waals surface area contributed by atoms with Gasteiger partial charge in [-0.3, -0.25) is 4.79 Å². The van der Waals surface area contributed by atoms with Crippen LogP contribution in [0.4, 0.5) is 0 Å². The molecule has 1 unspecified atom stereocenters. The van der Waals surface area contributed by atoms with Crippen molar-refractivity contribution in [3.8, 4) is 0 Å². The summed E-state index contributed by atoms with van der Waals surface area (Å²) in [5.74, 6) is 2.34. The van der Waals surface area contributed by atoms with Gasteiger partial charge in [0.15, 0.2) is 0 Å². The molecule has 0 spiro atoms. The number of amides is 1. The summed E-state index contributed by atoms with van der Waals surface area (Å²) in [5, 5.41) is 0. The van der Waals surface area contributed by atoms with Crippen molar-refractivity contribution in [3.63, 3.8) is 0 Å². The number of carbonyl (C=O) groups excluding carboxylic acids is 1. The molecule has 0 radical (unpaired) electrons. The van der Waals surface area contributed by atoms with Gasteiger partial charge in [-0.15, -0.1) is 0 Å². The van der Waals surface area contributed by atoms with Gasteiger partial charge in [0, 0.05) is 37.9 Å². The third-order valence-electron chi connectivity index (χ3n) is 5.40. The molecule has 1 aliphatic rings. The fourth-order valence-corrected chi connectivity index (χ4v) is 3.96. The molecule has 3 aromatic rings. The predicted molar refractivity (Wildman–Crippen MR) is 105 cm³/mol. The lowest BCUT2D eigenvalue weighted by Crippen LogP contribution is -2.40. The molecule has 6 nitrogen and oxygen atoms in total. The van der Waals surface area contributed by atoms with E-state index in [2.05, 4.69) is 32.6 Å². The fourth-order valence-electron chi connectivity index (χ4n) is 3.96. The van der Waals surface area contributed by atoms with Crippen LogP contribution in [0.15, 0.2) is 36.7 Å². The molecule has 1 aromatic carbocycles. The van der Waals surface area contributed by atoms with Crippen molar-refractivity contribution >= 4 is 16.9 Å². The Kier molecular flexibility index (Phi) is 5.23. The van der Waals surface area contributed by atoms with E-state index in [4.69, 9.17) is 0 Å². The zero-order valence-electron chi connectivity index (χ0n) is 15.9. The lowest BCUT2D eigenvalue weighted by molar-refractivity contribution is -0.131. The maximum Gasteiger partial charge on any atom is 0.230 e.